The van der Waals surface area contributed by atoms with Crippen LogP contribution >= 0.6 is 15.9 Å². The molecule has 0 saturated carbocycles. The van der Waals surface area contributed by atoms with Crippen LogP contribution in [0, 0.1) is 0 Å². The molecule has 2 aromatic carbocycles. The normalized spacial score (nSPS) is 13.8. The third-order valence-corrected chi connectivity index (χ3v) is 5.77. The molecule has 29 heavy (non-hydrogen) atoms. The van der Waals surface area contributed by atoms with Gasteiger partial charge in [-0.1, -0.05) is 30.3 Å². The van der Waals surface area contributed by atoms with Crippen molar-refractivity contribution in [2.75, 3.05) is 37.0 Å². The standard InChI is InChI=1S/C23H24BrN3O2/c1-26(2)18-9-7-17(8-10-18)20(15-25-23(28)21-11-12-22(24)29-21)27-14-13-16-5-3-4-6-19(16)27/h3-12,20H,13-15H2,1-2H3,(H,25,28)/t20-/m1/s1. The number of para-hydroxylation sites is 1. The summed E-state index contributed by atoms with van der Waals surface area (Å²) in [6.45, 7) is 1.43. The van der Waals surface area contributed by atoms with Gasteiger partial charge >= 0.3 is 0 Å². The molecular weight excluding hydrogens is 430 g/mol. The zero-order chi connectivity index (χ0) is 20.4. The lowest BCUT2D eigenvalue weighted by Gasteiger charge is -2.31. The van der Waals surface area contributed by atoms with E-state index in [1.807, 2.05) is 14.1 Å². The molecule has 1 amide bonds. The number of hydrogen-bond donors (Lipinski definition) is 1. The van der Waals surface area contributed by atoms with E-state index in [0.717, 1.165) is 18.7 Å². The lowest BCUT2D eigenvalue weighted by Crippen LogP contribution is -2.37. The Morgan fingerprint density at radius 2 is 1.90 bits per heavy atom. The van der Waals surface area contributed by atoms with Gasteiger partial charge in [-0.25, -0.2) is 0 Å². The van der Waals surface area contributed by atoms with Crippen LogP contribution in [0.4, 0.5) is 11.4 Å². The number of carbonyl (C=O) groups is 1. The maximum absolute atomic E-state index is 12.5. The smallest absolute Gasteiger partial charge is 0.287 e. The topological polar surface area (TPSA) is 48.7 Å². The first-order valence-corrected chi connectivity index (χ1v) is 10.5. The van der Waals surface area contributed by atoms with Crippen LogP contribution in [0.2, 0.25) is 0 Å². The Bertz CT molecular complexity index is 997. The van der Waals surface area contributed by atoms with E-state index in [1.165, 1.54) is 16.8 Å². The number of fused-ring (bicyclic) bond motifs is 1. The molecule has 0 unspecified atom stereocenters. The van der Waals surface area contributed by atoms with E-state index in [-0.39, 0.29) is 11.9 Å². The highest BCUT2D eigenvalue weighted by atomic mass is 79.9. The van der Waals surface area contributed by atoms with Crippen LogP contribution in [0.5, 0.6) is 0 Å². The predicted molar refractivity (Wildman–Crippen MR) is 120 cm³/mol. The summed E-state index contributed by atoms with van der Waals surface area (Å²) >= 11 is 3.25. The second-order valence-electron chi connectivity index (χ2n) is 7.39. The number of hydrogen-bond acceptors (Lipinski definition) is 4. The van der Waals surface area contributed by atoms with E-state index < -0.39 is 0 Å². The van der Waals surface area contributed by atoms with Crippen LogP contribution in [0.15, 0.2) is 69.8 Å². The quantitative estimate of drug-likeness (QED) is 0.590. The van der Waals surface area contributed by atoms with Gasteiger partial charge in [-0.2, -0.15) is 0 Å². The molecule has 0 spiro atoms. The van der Waals surface area contributed by atoms with Crippen molar-refractivity contribution in [2.24, 2.45) is 0 Å². The van der Waals surface area contributed by atoms with Crippen LogP contribution in [0.25, 0.3) is 0 Å². The molecule has 1 atom stereocenters. The number of nitrogens with zero attached hydrogens (tertiary/aromatic N) is 2. The van der Waals surface area contributed by atoms with E-state index in [9.17, 15) is 4.79 Å². The zero-order valence-corrected chi connectivity index (χ0v) is 18.1. The Morgan fingerprint density at radius 3 is 2.59 bits per heavy atom. The Balaban J connectivity index is 1.60. The molecule has 1 aromatic heterocycles. The SMILES string of the molecule is CN(C)c1ccc([C@@H](CNC(=O)c2ccc(Br)o2)N2CCc3ccccc32)cc1. The van der Waals surface area contributed by atoms with E-state index in [0.29, 0.717) is 17.0 Å². The number of benzene rings is 2. The molecule has 1 N–H and O–H groups in total. The first-order chi connectivity index (χ1) is 14.0. The van der Waals surface area contributed by atoms with Crippen molar-refractivity contribution >= 4 is 33.2 Å². The van der Waals surface area contributed by atoms with E-state index in [2.05, 4.69) is 79.6 Å². The maximum atomic E-state index is 12.5. The molecule has 0 saturated heterocycles. The molecule has 3 aromatic rings. The molecule has 2 heterocycles. The number of carbonyl (C=O) groups excluding carboxylic acids is 1. The second-order valence-corrected chi connectivity index (χ2v) is 8.17. The minimum Gasteiger partial charge on any atom is -0.444 e. The van der Waals surface area contributed by atoms with Gasteiger partial charge in [0.1, 0.15) is 0 Å². The molecule has 0 fully saturated rings. The Kier molecular flexibility index (Phi) is 5.62. The summed E-state index contributed by atoms with van der Waals surface area (Å²) < 4.78 is 5.94. The van der Waals surface area contributed by atoms with E-state index in [4.69, 9.17) is 4.42 Å². The van der Waals surface area contributed by atoms with Crippen molar-refractivity contribution in [3.05, 3.63) is 82.2 Å². The van der Waals surface area contributed by atoms with Gasteiger partial charge in [-0.3, -0.25) is 4.79 Å². The monoisotopic (exact) mass is 453 g/mol. The molecule has 0 bridgehead atoms. The predicted octanol–water partition coefficient (Wildman–Crippen LogP) is 4.64. The average Bonchev–Trinajstić information content (AvgIpc) is 3.35. The highest BCUT2D eigenvalue weighted by molar-refractivity contribution is 9.10. The third kappa shape index (κ3) is 4.17. The first kappa shape index (κ1) is 19.6. The summed E-state index contributed by atoms with van der Waals surface area (Å²) in [6.07, 6.45) is 1.02. The van der Waals surface area contributed by atoms with Crippen LogP contribution < -0.4 is 15.1 Å². The number of nitrogens with one attached hydrogen (secondary N) is 1. The Morgan fingerprint density at radius 1 is 1.14 bits per heavy atom. The van der Waals surface area contributed by atoms with Gasteiger partial charge in [0.2, 0.25) is 0 Å². The van der Waals surface area contributed by atoms with Crippen LogP contribution in [0.1, 0.15) is 27.7 Å². The lowest BCUT2D eigenvalue weighted by atomic mass is 10.0. The average molecular weight is 454 g/mol. The van der Waals surface area contributed by atoms with Crippen LogP contribution in [-0.2, 0) is 6.42 Å². The number of amides is 1. The second kappa shape index (κ2) is 8.33. The highest BCUT2D eigenvalue weighted by Crippen LogP contribution is 2.35. The van der Waals surface area contributed by atoms with E-state index in [1.54, 1.807) is 12.1 Å². The van der Waals surface area contributed by atoms with Crippen LogP contribution in [-0.4, -0.2) is 33.1 Å². The van der Waals surface area contributed by atoms with Crippen molar-refractivity contribution < 1.29 is 9.21 Å². The zero-order valence-electron chi connectivity index (χ0n) is 16.6. The molecular formula is C23H24BrN3O2. The van der Waals surface area contributed by atoms with Gasteiger partial charge < -0.3 is 19.5 Å². The molecule has 5 nitrogen and oxygen atoms in total. The van der Waals surface area contributed by atoms with Gasteiger partial charge in [0.05, 0.1) is 6.04 Å². The summed E-state index contributed by atoms with van der Waals surface area (Å²) in [5.74, 6) is 0.0958. The molecule has 1 aliphatic heterocycles. The fraction of sp³-hybridized carbons (Fsp3) is 0.261. The number of rotatable bonds is 6. The van der Waals surface area contributed by atoms with Crippen molar-refractivity contribution in [1.82, 2.24) is 5.32 Å². The summed E-state index contributed by atoms with van der Waals surface area (Å²) in [5, 5.41) is 3.05. The Hall–Kier alpha value is -2.73. The van der Waals surface area contributed by atoms with Gasteiger partial charge in [0.15, 0.2) is 10.4 Å². The summed E-state index contributed by atoms with van der Waals surface area (Å²) in [4.78, 5) is 17.0. The number of furan rings is 1. The minimum absolute atomic E-state index is 0.0391. The fourth-order valence-electron chi connectivity index (χ4n) is 3.80. The first-order valence-electron chi connectivity index (χ1n) is 9.68. The molecule has 0 aliphatic carbocycles. The van der Waals surface area contributed by atoms with Crippen molar-refractivity contribution in [3.63, 3.8) is 0 Å². The van der Waals surface area contributed by atoms with Crippen molar-refractivity contribution in [3.8, 4) is 0 Å². The van der Waals surface area contributed by atoms with Crippen LogP contribution in [0.3, 0.4) is 0 Å². The third-order valence-electron chi connectivity index (χ3n) is 5.35. The largest absolute Gasteiger partial charge is 0.444 e. The van der Waals surface area contributed by atoms with Gasteiger partial charge in [0.25, 0.3) is 5.91 Å². The number of halogens is 1. The van der Waals surface area contributed by atoms with Gasteiger partial charge in [0, 0.05) is 38.6 Å². The molecule has 6 heteroatoms. The van der Waals surface area contributed by atoms with Crippen molar-refractivity contribution in [1.29, 1.82) is 0 Å². The highest BCUT2D eigenvalue weighted by Gasteiger charge is 2.28. The summed E-state index contributed by atoms with van der Waals surface area (Å²) in [6, 6.07) is 20.5. The van der Waals surface area contributed by atoms with Gasteiger partial charge in [-0.15, -0.1) is 0 Å². The fourth-order valence-corrected chi connectivity index (χ4v) is 4.11. The number of anilines is 2. The van der Waals surface area contributed by atoms with Gasteiger partial charge in [-0.05, 0) is 63.8 Å². The maximum Gasteiger partial charge on any atom is 0.287 e. The molecule has 1 aliphatic rings. The molecule has 4 rings (SSSR count). The summed E-state index contributed by atoms with van der Waals surface area (Å²) in [7, 11) is 4.07. The molecule has 0 radical (unpaired) electrons. The minimum atomic E-state index is -0.210. The summed E-state index contributed by atoms with van der Waals surface area (Å²) in [5.41, 5.74) is 4.92. The Labute approximate surface area is 179 Å². The lowest BCUT2D eigenvalue weighted by molar-refractivity contribution is 0.0922. The van der Waals surface area contributed by atoms with Crippen molar-refractivity contribution in [2.45, 2.75) is 12.5 Å². The molecule has 150 valence electrons. The van der Waals surface area contributed by atoms with E-state index >= 15 is 0 Å².